The number of hydrogen-bond donors (Lipinski definition) is 1. The first kappa shape index (κ1) is 20.3. The molecule has 0 aliphatic rings. The Bertz CT molecular complexity index is 1040. The minimum atomic E-state index is -4.53. The number of carbonyl (C=O) groups excluding carboxylic acids is 1. The van der Waals surface area contributed by atoms with Crippen molar-refractivity contribution in [2.75, 3.05) is 0 Å². The Balaban J connectivity index is 1.85. The quantitative estimate of drug-likeness (QED) is 0.635. The van der Waals surface area contributed by atoms with E-state index in [0.717, 1.165) is 16.2 Å². The molecule has 11 heteroatoms. The first-order chi connectivity index (χ1) is 13.1. The Hall–Kier alpha value is -2.43. The predicted molar refractivity (Wildman–Crippen MR) is 99.5 cm³/mol. The van der Waals surface area contributed by atoms with Gasteiger partial charge in [-0.05, 0) is 42.8 Å². The van der Waals surface area contributed by atoms with E-state index in [0.29, 0.717) is 6.54 Å². The fourth-order valence-electron chi connectivity index (χ4n) is 3.02. The van der Waals surface area contributed by atoms with Gasteiger partial charge in [0.05, 0.1) is 39.6 Å². The molecule has 0 unspecified atom stereocenters. The Morgan fingerprint density at radius 3 is 2.64 bits per heavy atom. The molecule has 3 aromatic rings. The monoisotopic (exact) mass is 458 g/mol. The van der Waals surface area contributed by atoms with Crippen LogP contribution in [0.15, 0.2) is 16.7 Å². The van der Waals surface area contributed by atoms with Gasteiger partial charge in [0.15, 0.2) is 5.65 Å². The molecule has 150 valence electrons. The molecular formula is C17H18BrF3N6O. The van der Waals surface area contributed by atoms with Crippen molar-refractivity contribution < 1.29 is 18.0 Å². The molecular weight excluding hydrogens is 441 g/mol. The topological polar surface area (TPSA) is 77.6 Å². The summed E-state index contributed by atoms with van der Waals surface area (Å²) in [6.45, 7) is 5.51. The first-order valence-corrected chi connectivity index (χ1v) is 9.30. The zero-order chi connectivity index (χ0) is 20.6. The van der Waals surface area contributed by atoms with Crippen LogP contribution < -0.4 is 5.32 Å². The highest BCUT2D eigenvalue weighted by atomic mass is 79.9. The van der Waals surface area contributed by atoms with Crippen molar-refractivity contribution in [1.82, 2.24) is 29.9 Å². The second-order valence-electron chi connectivity index (χ2n) is 6.28. The normalized spacial score (nSPS) is 12.0. The van der Waals surface area contributed by atoms with Gasteiger partial charge in [0.25, 0.3) is 0 Å². The number of rotatable bonds is 5. The minimum Gasteiger partial charge on any atom is -0.349 e. The summed E-state index contributed by atoms with van der Waals surface area (Å²) in [7, 11) is 0. The molecule has 0 radical (unpaired) electrons. The highest BCUT2D eigenvalue weighted by Crippen LogP contribution is 2.36. The summed E-state index contributed by atoms with van der Waals surface area (Å²) in [4.78, 5) is 16.5. The van der Waals surface area contributed by atoms with Gasteiger partial charge in [0.1, 0.15) is 6.54 Å². The van der Waals surface area contributed by atoms with Gasteiger partial charge >= 0.3 is 6.18 Å². The molecule has 1 amide bonds. The molecule has 0 saturated heterocycles. The lowest BCUT2D eigenvalue weighted by Gasteiger charge is -2.10. The van der Waals surface area contributed by atoms with E-state index < -0.39 is 17.6 Å². The van der Waals surface area contributed by atoms with E-state index in [1.807, 2.05) is 6.92 Å². The Morgan fingerprint density at radius 1 is 1.29 bits per heavy atom. The van der Waals surface area contributed by atoms with Gasteiger partial charge in [-0.3, -0.25) is 9.48 Å². The molecule has 3 heterocycles. The summed E-state index contributed by atoms with van der Waals surface area (Å²) in [5.41, 5.74) is 0.423. The zero-order valence-corrected chi connectivity index (χ0v) is 17.0. The highest BCUT2D eigenvalue weighted by Gasteiger charge is 2.35. The lowest BCUT2D eigenvalue weighted by atomic mass is 10.1. The van der Waals surface area contributed by atoms with Crippen molar-refractivity contribution in [1.29, 1.82) is 0 Å². The van der Waals surface area contributed by atoms with Crippen LogP contribution in [-0.4, -0.2) is 30.5 Å². The Morgan fingerprint density at radius 2 is 2.00 bits per heavy atom. The summed E-state index contributed by atoms with van der Waals surface area (Å²) in [5, 5.41) is 10.9. The third kappa shape index (κ3) is 3.89. The van der Waals surface area contributed by atoms with E-state index in [1.54, 1.807) is 10.9 Å². The number of pyridine rings is 1. The van der Waals surface area contributed by atoms with E-state index in [-0.39, 0.29) is 35.5 Å². The third-order valence-electron chi connectivity index (χ3n) is 4.25. The largest absolute Gasteiger partial charge is 0.417 e. The molecule has 0 aliphatic carbocycles. The fraction of sp³-hybridized carbons (Fsp3) is 0.412. The molecule has 0 fully saturated rings. The van der Waals surface area contributed by atoms with Crippen LogP contribution in [0.1, 0.15) is 29.6 Å². The van der Waals surface area contributed by atoms with Crippen LogP contribution >= 0.6 is 15.9 Å². The Kier molecular flexibility index (Phi) is 5.46. The number of amides is 1. The van der Waals surface area contributed by atoms with Crippen molar-refractivity contribution in [3.63, 3.8) is 0 Å². The molecule has 0 atom stereocenters. The standard InChI is InChI=1S/C17H18BrF3N6O/c1-4-26-13(12(18)6-23-26)7-22-14(28)8-27-16-15(10(3)25-27)11(17(19,20)21)5-9(2)24-16/h5-6H,4,7-8H2,1-3H3,(H,22,28). The van der Waals surface area contributed by atoms with E-state index in [2.05, 4.69) is 36.4 Å². The average molecular weight is 459 g/mol. The van der Waals surface area contributed by atoms with Gasteiger partial charge in [-0.15, -0.1) is 0 Å². The number of fused-ring (bicyclic) bond motifs is 1. The van der Waals surface area contributed by atoms with Gasteiger partial charge < -0.3 is 5.32 Å². The van der Waals surface area contributed by atoms with Crippen molar-refractivity contribution in [3.05, 3.63) is 39.4 Å². The average Bonchev–Trinajstić information content (AvgIpc) is 3.11. The van der Waals surface area contributed by atoms with E-state index >= 15 is 0 Å². The smallest absolute Gasteiger partial charge is 0.349 e. The van der Waals surface area contributed by atoms with Crippen LogP contribution in [0.4, 0.5) is 13.2 Å². The van der Waals surface area contributed by atoms with Crippen molar-refractivity contribution in [2.24, 2.45) is 0 Å². The second kappa shape index (κ2) is 7.53. The van der Waals surface area contributed by atoms with Crippen molar-refractivity contribution >= 4 is 32.9 Å². The molecule has 3 rings (SSSR count). The van der Waals surface area contributed by atoms with Crippen LogP contribution in [0.3, 0.4) is 0 Å². The van der Waals surface area contributed by atoms with Gasteiger partial charge in [-0.2, -0.15) is 23.4 Å². The molecule has 28 heavy (non-hydrogen) atoms. The molecule has 0 aromatic carbocycles. The Labute approximate surface area is 167 Å². The van der Waals surface area contributed by atoms with E-state index in [1.165, 1.54) is 18.5 Å². The first-order valence-electron chi connectivity index (χ1n) is 8.50. The fourth-order valence-corrected chi connectivity index (χ4v) is 3.46. The van der Waals surface area contributed by atoms with Gasteiger partial charge in [-0.25, -0.2) is 9.67 Å². The molecule has 0 bridgehead atoms. The molecule has 0 spiro atoms. The lowest BCUT2D eigenvalue weighted by molar-refractivity contribution is -0.136. The van der Waals surface area contributed by atoms with Gasteiger partial charge in [0.2, 0.25) is 5.91 Å². The van der Waals surface area contributed by atoms with Crippen LogP contribution in [-0.2, 0) is 30.6 Å². The van der Waals surface area contributed by atoms with E-state index in [9.17, 15) is 18.0 Å². The summed E-state index contributed by atoms with van der Waals surface area (Å²) >= 11 is 3.38. The number of aryl methyl sites for hydroxylation is 3. The third-order valence-corrected chi connectivity index (χ3v) is 4.92. The van der Waals surface area contributed by atoms with Crippen molar-refractivity contribution in [2.45, 2.75) is 46.6 Å². The molecule has 1 N–H and O–H groups in total. The maximum atomic E-state index is 13.4. The number of aromatic nitrogens is 5. The maximum absolute atomic E-state index is 13.4. The van der Waals surface area contributed by atoms with Crippen LogP contribution in [0.5, 0.6) is 0 Å². The van der Waals surface area contributed by atoms with E-state index in [4.69, 9.17) is 0 Å². The maximum Gasteiger partial charge on any atom is 0.417 e. The predicted octanol–water partition coefficient (Wildman–Crippen LogP) is 3.36. The molecule has 7 nitrogen and oxygen atoms in total. The molecule has 3 aromatic heterocycles. The lowest BCUT2D eigenvalue weighted by Crippen LogP contribution is -2.28. The summed E-state index contributed by atoms with van der Waals surface area (Å²) in [5.74, 6) is -0.392. The molecule has 0 saturated carbocycles. The number of hydrogen-bond acceptors (Lipinski definition) is 4. The summed E-state index contributed by atoms with van der Waals surface area (Å²) in [6.07, 6.45) is -2.89. The molecule has 0 aliphatic heterocycles. The summed E-state index contributed by atoms with van der Waals surface area (Å²) < 4.78 is 43.8. The summed E-state index contributed by atoms with van der Waals surface area (Å²) in [6, 6.07) is 0.991. The highest BCUT2D eigenvalue weighted by molar-refractivity contribution is 9.10. The number of halogens is 4. The minimum absolute atomic E-state index is 0.0414. The van der Waals surface area contributed by atoms with Crippen molar-refractivity contribution in [3.8, 4) is 0 Å². The number of alkyl halides is 3. The number of nitrogens with one attached hydrogen (secondary N) is 1. The second-order valence-corrected chi connectivity index (χ2v) is 7.14. The van der Waals surface area contributed by atoms with Crippen LogP contribution in [0, 0.1) is 13.8 Å². The van der Waals surface area contributed by atoms with Crippen LogP contribution in [0.2, 0.25) is 0 Å². The van der Waals surface area contributed by atoms with Crippen LogP contribution in [0.25, 0.3) is 11.0 Å². The number of nitrogens with zero attached hydrogens (tertiary/aromatic N) is 5. The number of carbonyl (C=O) groups is 1. The van der Waals surface area contributed by atoms with Gasteiger partial charge in [-0.1, -0.05) is 0 Å². The van der Waals surface area contributed by atoms with Gasteiger partial charge in [0, 0.05) is 12.2 Å². The zero-order valence-electron chi connectivity index (χ0n) is 15.4. The SMILES string of the molecule is CCn1ncc(Br)c1CNC(=O)Cn1nc(C)c2c(C(F)(F)F)cc(C)nc21.